The predicted octanol–water partition coefficient (Wildman–Crippen LogP) is 1.00. The van der Waals surface area contributed by atoms with Crippen molar-refractivity contribution in [1.29, 1.82) is 0 Å². The molecule has 0 saturated heterocycles. The Hall–Kier alpha value is -1.65. The van der Waals surface area contributed by atoms with E-state index in [1.807, 2.05) is 0 Å². The summed E-state index contributed by atoms with van der Waals surface area (Å²) < 4.78 is 30.7. The lowest BCUT2D eigenvalue weighted by Crippen LogP contribution is -2.15. The number of hydrogen-bond acceptors (Lipinski definition) is 2. The van der Waals surface area contributed by atoms with Crippen molar-refractivity contribution in [2.75, 3.05) is 7.11 Å². The second-order valence-electron chi connectivity index (χ2n) is 2.70. The monoisotopic (exact) mass is 201 g/mol. The van der Waals surface area contributed by atoms with Crippen molar-refractivity contribution in [3.8, 4) is 5.75 Å². The lowest BCUT2D eigenvalue weighted by atomic mass is 10.1. The first-order valence-electron chi connectivity index (χ1n) is 3.85. The molecule has 0 radical (unpaired) electrons. The van der Waals surface area contributed by atoms with E-state index in [4.69, 9.17) is 5.73 Å². The highest BCUT2D eigenvalue weighted by molar-refractivity contribution is 5.76. The largest absolute Gasteiger partial charge is 0.491 e. The molecule has 0 aliphatic rings. The second-order valence-corrected chi connectivity index (χ2v) is 2.70. The summed E-state index contributed by atoms with van der Waals surface area (Å²) in [5.41, 5.74) is 4.91. The Morgan fingerprint density at radius 3 is 2.64 bits per heavy atom. The molecular formula is C9H9F2NO2. The summed E-state index contributed by atoms with van der Waals surface area (Å²) in [4.78, 5) is 10.5. The van der Waals surface area contributed by atoms with Crippen LogP contribution in [-0.2, 0) is 11.2 Å². The molecule has 76 valence electrons. The summed E-state index contributed by atoms with van der Waals surface area (Å²) >= 11 is 0. The maximum atomic E-state index is 13.3. The summed E-state index contributed by atoms with van der Waals surface area (Å²) in [5, 5.41) is 0. The molecule has 0 heterocycles. The average molecular weight is 201 g/mol. The summed E-state index contributed by atoms with van der Waals surface area (Å²) in [5.74, 6) is -2.87. The highest BCUT2D eigenvalue weighted by atomic mass is 19.1. The number of carbonyl (C=O) groups excluding carboxylic acids is 1. The van der Waals surface area contributed by atoms with Crippen LogP contribution in [0.3, 0.4) is 0 Å². The van der Waals surface area contributed by atoms with Gasteiger partial charge >= 0.3 is 0 Å². The van der Waals surface area contributed by atoms with Crippen molar-refractivity contribution in [2.45, 2.75) is 6.42 Å². The molecule has 2 N–H and O–H groups in total. The molecule has 0 saturated carbocycles. The Bertz CT molecular complexity index is 366. The maximum Gasteiger partial charge on any atom is 0.221 e. The molecule has 1 rings (SSSR count). The summed E-state index contributed by atoms with van der Waals surface area (Å²) in [7, 11) is 1.15. The summed E-state index contributed by atoms with van der Waals surface area (Å²) in [6.45, 7) is 0. The van der Waals surface area contributed by atoms with Gasteiger partial charge in [0.05, 0.1) is 13.5 Å². The standard InChI is InChI=1S/C9H9F2NO2/c1-14-9-6(10)3-2-5(8(9)11)4-7(12)13/h2-3H,4H2,1H3,(H2,12,13). The third-order valence-corrected chi connectivity index (χ3v) is 1.70. The molecule has 5 heteroatoms. The molecule has 0 aromatic heterocycles. The van der Waals surface area contributed by atoms with Crippen LogP contribution in [0.4, 0.5) is 8.78 Å². The van der Waals surface area contributed by atoms with Crippen LogP contribution in [-0.4, -0.2) is 13.0 Å². The molecule has 0 spiro atoms. The van der Waals surface area contributed by atoms with Gasteiger partial charge in [0, 0.05) is 5.56 Å². The van der Waals surface area contributed by atoms with E-state index < -0.39 is 23.3 Å². The van der Waals surface area contributed by atoms with E-state index in [-0.39, 0.29) is 12.0 Å². The van der Waals surface area contributed by atoms with E-state index in [9.17, 15) is 13.6 Å². The molecule has 14 heavy (non-hydrogen) atoms. The Kier molecular flexibility index (Phi) is 3.01. The fourth-order valence-corrected chi connectivity index (χ4v) is 1.08. The lowest BCUT2D eigenvalue weighted by Gasteiger charge is -2.06. The van der Waals surface area contributed by atoms with Gasteiger partial charge in [-0.2, -0.15) is 0 Å². The first kappa shape index (κ1) is 10.4. The number of nitrogens with two attached hydrogens (primary N) is 1. The van der Waals surface area contributed by atoms with Crippen LogP contribution >= 0.6 is 0 Å². The van der Waals surface area contributed by atoms with Crippen LogP contribution < -0.4 is 10.5 Å². The van der Waals surface area contributed by atoms with Crippen molar-refractivity contribution in [3.05, 3.63) is 29.3 Å². The van der Waals surface area contributed by atoms with Gasteiger partial charge in [0.25, 0.3) is 0 Å². The van der Waals surface area contributed by atoms with Crippen LogP contribution in [0.25, 0.3) is 0 Å². The normalized spacial score (nSPS) is 9.93. The SMILES string of the molecule is COc1c(F)ccc(CC(N)=O)c1F. The zero-order valence-electron chi connectivity index (χ0n) is 7.51. The van der Waals surface area contributed by atoms with Gasteiger partial charge < -0.3 is 10.5 Å². The van der Waals surface area contributed by atoms with E-state index in [0.717, 1.165) is 19.2 Å². The number of halogens is 2. The topological polar surface area (TPSA) is 52.3 Å². The van der Waals surface area contributed by atoms with Crippen molar-refractivity contribution in [3.63, 3.8) is 0 Å². The highest BCUT2D eigenvalue weighted by Gasteiger charge is 2.14. The fraction of sp³-hybridized carbons (Fsp3) is 0.222. The molecular weight excluding hydrogens is 192 g/mol. The van der Waals surface area contributed by atoms with Crippen molar-refractivity contribution >= 4 is 5.91 Å². The Balaban J connectivity index is 3.14. The molecule has 1 aromatic carbocycles. The minimum atomic E-state index is -0.883. The van der Waals surface area contributed by atoms with E-state index in [0.29, 0.717) is 0 Å². The first-order chi connectivity index (χ1) is 6.56. The Morgan fingerprint density at radius 2 is 2.14 bits per heavy atom. The zero-order valence-corrected chi connectivity index (χ0v) is 7.51. The molecule has 1 amide bonds. The van der Waals surface area contributed by atoms with E-state index in [1.54, 1.807) is 0 Å². The molecule has 0 bridgehead atoms. The Morgan fingerprint density at radius 1 is 1.50 bits per heavy atom. The van der Waals surface area contributed by atoms with Gasteiger partial charge in [-0.25, -0.2) is 8.78 Å². The van der Waals surface area contributed by atoms with Crippen LogP contribution in [0.5, 0.6) is 5.75 Å². The van der Waals surface area contributed by atoms with Crippen molar-refractivity contribution in [2.24, 2.45) is 5.73 Å². The predicted molar refractivity (Wildman–Crippen MR) is 45.8 cm³/mol. The number of rotatable bonds is 3. The van der Waals surface area contributed by atoms with E-state index in [2.05, 4.69) is 4.74 Å². The van der Waals surface area contributed by atoms with Gasteiger partial charge in [-0.05, 0) is 6.07 Å². The van der Waals surface area contributed by atoms with Crippen molar-refractivity contribution < 1.29 is 18.3 Å². The second kappa shape index (κ2) is 4.04. The van der Waals surface area contributed by atoms with Crippen LogP contribution in [0.15, 0.2) is 12.1 Å². The van der Waals surface area contributed by atoms with Crippen molar-refractivity contribution in [1.82, 2.24) is 0 Å². The zero-order chi connectivity index (χ0) is 10.7. The smallest absolute Gasteiger partial charge is 0.221 e. The minimum Gasteiger partial charge on any atom is -0.491 e. The van der Waals surface area contributed by atoms with Gasteiger partial charge in [-0.15, -0.1) is 0 Å². The third-order valence-electron chi connectivity index (χ3n) is 1.70. The van der Waals surface area contributed by atoms with Gasteiger partial charge in [-0.3, -0.25) is 4.79 Å². The number of amides is 1. The molecule has 0 unspecified atom stereocenters. The lowest BCUT2D eigenvalue weighted by molar-refractivity contribution is -0.117. The highest BCUT2D eigenvalue weighted by Crippen LogP contribution is 2.24. The molecule has 1 aromatic rings. The molecule has 0 aliphatic heterocycles. The molecule has 3 nitrogen and oxygen atoms in total. The number of benzene rings is 1. The fourth-order valence-electron chi connectivity index (χ4n) is 1.08. The van der Waals surface area contributed by atoms with Gasteiger partial charge in [0.1, 0.15) is 0 Å². The number of hydrogen-bond donors (Lipinski definition) is 1. The molecule has 0 fully saturated rings. The first-order valence-corrected chi connectivity index (χ1v) is 3.85. The number of ether oxygens (including phenoxy) is 1. The number of primary amides is 1. The van der Waals surface area contributed by atoms with Crippen LogP contribution in [0, 0.1) is 11.6 Å². The average Bonchev–Trinajstić information content (AvgIpc) is 2.10. The quantitative estimate of drug-likeness (QED) is 0.793. The summed E-state index contributed by atoms with van der Waals surface area (Å²) in [6.07, 6.45) is -0.275. The molecule has 0 aliphatic carbocycles. The van der Waals surface area contributed by atoms with Crippen LogP contribution in [0.2, 0.25) is 0 Å². The minimum absolute atomic E-state index is 0.0238. The number of methoxy groups -OCH3 is 1. The van der Waals surface area contributed by atoms with E-state index in [1.165, 1.54) is 0 Å². The summed E-state index contributed by atoms with van der Waals surface area (Å²) in [6, 6.07) is 2.19. The van der Waals surface area contributed by atoms with E-state index >= 15 is 0 Å². The maximum absolute atomic E-state index is 13.3. The third kappa shape index (κ3) is 1.99. The van der Waals surface area contributed by atoms with Crippen LogP contribution in [0.1, 0.15) is 5.56 Å². The molecule has 0 atom stereocenters. The van der Waals surface area contributed by atoms with Gasteiger partial charge in [0.2, 0.25) is 5.91 Å². The number of carbonyl (C=O) groups is 1. The van der Waals surface area contributed by atoms with Gasteiger partial charge in [0.15, 0.2) is 17.4 Å². The Labute approximate surface area is 79.5 Å². The van der Waals surface area contributed by atoms with Gasteiger partial charge in [-0.1, -0.05) is 6.07 Å².